The standard InChI is InChI=1S/C12H13ClF2O2/c1-7(16)12(4-5-12)8-2-3-10(9(13)6-8)17-11(14)15/h2-3,6-7,11,16H,4-5H2,1H3. The Kier molecular flexibility index (Phi) is 3.27. The molecule has 0 radical (unpaired) electrons. The Labute approximate surface area is 103 Å². The van der Waals surface area contributed by atoms with E-state index in [1.807, 2.05) is 0 Å². The van der Waals surface area contributed by atoms with Gasteiger partial charge in [-0.25, -0.2) is 0 Å². The molecule has 0 aromatic heterocycles. The largest absolute Gasteiger partial charge is 0.433 e. The molecule has 1 fully saturated rings. The summed E-state index contributed by atoms with van der Waals surface area (Å²) in [5.74, 6) is -0.0354. The van der Waals surface area contributed by atoms with Crippen LogP contribution in [0, 0.1) is 0 Å². The van der Waals surface area contributed by atoms with Gasteiger partial charge in [-0.15, -0.1) is 0 Å². The third kappa shape index (κ3) is 2.38. The van der Waals surface area contributed by atoms with Gasteiger partial charge in [0.05, 0.1) is 11.1 Å². The van der Waals surface area contributed by atoms with Gasteiger partial charge in [-0.1, -0.05) is 17.7 Å². The van der Waals surface area contributed by atoms with E-state index in [1.54, 1.807) is 19.1 Å². The summed E-state index contributed by atoms with van der Waals surface area (Å²) in [6.07, 6.45) is 1.30. The summed E-state index contributed by atoms with van der Waals surface area (Å²) in [5.41, 5.74) is 0.617. The van der Waals surface area contributed by atoms with Gasteiger partial charge in [-0.05, 0) is 37.5 Å². The van der Waals surface area contributed by atoms with Gasteiger partial charge >= 0.3 is 6.61 Å². The van der Waals surface area contributed by atoms with Crippen LogP contribution in [0.4, 0.5) is 8.78 Å². The van der Waals surface area contributed by atoms with E-state index in [-0.39, 0.29) is 16.2 Å². The van der Waals surface area contributed by atoms with E-state index in [0.29, 0.717) is 0 Å². The summed E-state index contributed by atoms with van der Waals surface area (Å²) in [4.78, 5) is 0. The highest BCUT2D eigenvalue weighted by atomic mass is 35.5. The molecule has 1 aromatic rings. The van der Waals surface area contributed by atoms with Crippen molar-refractivity contribution in [3.63, 3.8) is 0 Å². The first-order chi connectivity index (χ1) is 7.95. The minimum Gasteiger partial charge on any atom is -0.433 e. The van der Waals surface area contributed by atoms with E-state index in [4.69, 9.17) is 11.6 Å². The molecule has 0 amide bonds. The summed E-state index contributed by atoms with van der Waals surface area (Å²) in [5, 5.41) is 9.86. The topological polar surface area (TPSA) is 29.5 Å². The molecule has 0 saturated heterocycles. The van der Waals surface area contributed by atoms with Crippen molar-refractivity contribution in [3.8, 4) is 5.75 Å². The first-order valence-electron chi connectivity index (χ1n) is 5.38. The van der Waals surface area contributed by atoms with Gasteiger partial charge in [0.2, 0.25) is 0 Å². The molecular weight excluding hydrogens is 250 g/mol. The van der Waals surface area contributed by atoms with E-state index in [9.17, 15) is 13.9 Å². The van der Waals surface area contributed by atoms with Crippen molar-refractivity contribution in [1.82, 2.24) is 0 Å². The molecule has 1 unspecified atom stereocenters. The van der Waals surface area contributed by atoms with E-state index < -0.39 is 12.7 Å². The number of hydrogen-bond acceptors (Lipinski definition) is 2. The second-order valence-electron chi connectivity index (χ2n) is 4.36. The van der Waals surface area contributed by atoms with Gasteiger partial charge in [0, 0.05) is 5.41 Å². The quantitative estimate of drug-likeness (QED) is 0.902. The number of aliphatic hydroxyl groups excluding tert-OH is 1. The predicted molar refractivity (Wildman–Crippen MR) is 60.7 cm³/mol. The number of halogens is 3. The first-order valence-corrected chi connectivity index (χ1v) is 5.76. The van der Waals surface area contributed by atoms with Gasteiger partial charge in [0.1, 0.15) is 5.75 Å². The smallest absolute Gasteiger partial charge is 0.387 e. The van der Waals surface area contributed by atoms with Gasteiger partial charge in [0.25, 0.3) is 0 Å². The SMILES string of the molecule is CC(O)C1(c2ccc(OC(F)F)c(Cl)c2)CC1. The second kappa shape index (κ2) is 4.42. The molecule has 2 rings (SSSR count). The second-order valence-corrected chi connectivity index (χ2v) is 4.76. The van der Waals surface area contributed by atoms with Crippen molar-refractivity contribution in [2.24, 2.45) is 0 Å². The third-order valence-electron chi connectivity index (χ3n) is 3.31. The van der Waals surface area contributed by atoms with Crippen molar-refractivity contribution in [2.75, 3.05) is 0 Å². The molecule has 2 nitrogen and oxygen atoms in total. The molecule has 1 aliphatic carbocycles. The number of aliphatic hydroxyl groups is 1. The molecule has 94 valence electrons. The fourth-order valence-electron chi connectivity index (χ4n) is 2.08. The molecule has 0 aliphatic heterocycles. The van der Waals surface area contributed by atoms with Gasteiger partial charge in [-0.3, -0.25) is 0 Å². The zero-order valence-corrected chi connectivity index (χ0v) is 10.0. The summed E-state index contributed by atoms with van der Waals surface area (Å²) in [7, 11) is 0. The van der Waals surface area contributed by atoms with Crippen molar-refractivity contribution >= 4 is 11.6 Å². The van der Waals surface area contributed by atoms with Gasteiger partial charge in [-0.2, -0.15) is 8.78 Å². The molecule has 1 atom stereocenters. The van der Waals surface area contributed by atoms with Crippen LogP contribution in [0.2, 0.25) is 5.02 Å². The van der Waals surface area contributed by atoms with Crippen LogP contribution >= 0.6 is 11.6 Å². The lowest BCUT2D eigenvalue weighted by atomic mass is 9.91. The summed E-state index contributed by atoms with van der Waals surface area (Å²) in [6, 6.07) is 4.70. The number of ether oxygens (including phenoxy) is 1. The first kappa shape index (κ1) is 12.6. The molecule has 5 heteroatoms. The molecule has 1 aromatic carbocycles. The van der Waals surface area contributed by atoms with Crippen LogP contribution in [0.3, 0.4) is 0 Å². The summed E-state index contributed by atoms with van der Waals surface area (Å²) < 4.78 is 28.4. The average molecular weight is 263 g/mol. The van der Waals surface area contributed by atoms with Crippen LogP contribution in [0.15, 0.2) is 18.2 Å². The van der Waals surface area contributed by atoms with Crippen LogP contribution in [0.25, 0.3) is 0 Å². The maximum atomic E-state index is 12.1. The van der Waals surface area contributed by atoms with E-state index in [2.05, 4.69) is 4.74 Å². The zero-order valence-electron chi connectivity index (χ0n) is 9.29. The van der Waals surface area contributed by atoms with Crippen LogP contribution < -0.4 is 4.74 Å². The Morgan fingerprint density at radius 3 is 2.47 bits per heavy atom. The molecule has 0 bridgehead atoms. The lowest BCUT2D eigenvalue weighted by Crippen LogP contribution is -2.22. The highest BCUT2D eigenvalue weighted by molar-refractivity contribution is 6.32. The lowest BCUT2D eigenvalue weighted by molar-refractivity contribution is -0.0498. The number of hydrogen-bond donors (Lipinski definition) is 1. The van der Waals surface area contributed by atoms with E-state index >= 15 is 0 Å². The Balaban J connectivity index is 2.25. The third-order valence-corrected chi connectivity index (χ3v) is 3.61. The number of rotatable bonds is 4. The molecule has 0 heterocycles. The summed E-state index contributed by atoms with van der Waals surface area (Å²) >= 11 is 5.87. The molecule has 1 saturated carbocycles. The molecule has 1 aliphatic rings. The Morgan fingerprint density at radius 1 is 1.41 bits per heavy atom. The van der Waals surface area contributed by atoms with E-state index in [1.165, 1.54) is 6.07 Å². The van der Waals surface area contributed by atoms with E-state index in [0.717, 1.165) is 18.4 Å². The van der Waals surface area contributed by atoms with Gasteiger partial charge < -0.3 is 9.84 Å². The molecular formula is C12H13ClF2O2. The van der Waals surface area contributed by atoms with Crippen molar-refractivity contribution in [2.45, 2.75) is 37.9 Å². The predicted octanol–water partition coefficient (Wildman–Crippen LogP) is 3.35. The maximum absolute atomic E-state index is 12.1. The molecule has 0 spiro atoms. The Bertz CT molecular complexity index is 417. The summed E-state index contributed by atoms with van der Waals surface area (Å²) in [6.45, 7) is -1.16. The fourth-order valence-corrected chi connectivity index (χ4v) is 2.31. The maximum Gasteiger partial charge on any atom is 0.387 e. The van der Waals surface area contributed by atoms with Crippen LogP contribution in [-0.4, -0.2) is 17.8 Å². The highest BCUT2D eigenvalue weighted by Gasteiger charge is 2.48. The highest BCUT2D eigenvalue weighted by Crippen LogP contribution is 2.51. The lowest BCUT2D eigenvalue weighted by Gasteiger charge is -2.20. The Morgan fingerprint density at radius 2 is 2.06 bits per heavy atom. The minimum atomic E-state index is -2.88. The number of alkyl halides is 2. The van der Waals surface area contributed by atoms with Gasteiger partial charge in [0.15, 0.2) is 0 Å². The van der Waals surface area contributed by atoms with Crippen LogP contribution in [0.5, 0.6) is 5.75 Å². The molecule has 1 N–H and O–H groups in total. The van der Waals surface area contributed by atoms with Crippen LogP contribution in [-0.2, 0) is 5.41 Å². The normalized spacial score (nSPS) is 19.2. The van der Waals surface area contributed by atoms with Crippen molar-refractivity contribution in [1.29, 1.82) is 0 Å². The minimum absolute atomic E-state index is 0.0354. The zero-order chi connectivity index (χ0) is 12.6. The van der Waals surface area contributed by atoms with Crippen molar-refractivity contribution < 1.29 is 18.6 Å². The Hall–Kier alpha value is -0.870. The van der Waals surface area contributed by atoms with Crippen LogP contribution in [0.1, 0.15) is 25.3 Å². The fraction of sp³-hybridized carbons (Fsp3) is 0.500. The monoisotopic (exact) mass is 262 g/mol. The van der Waals surface area contributed by atoms with Crippen molar-refractivity contribution in [3.05, 3.63) is 28.8 Å². The average Bonchev–Trinajstić information content (AvgIpc) is 3.01. The number of benzene rings is 1. The molecule has 17 heavy (non-hydrogen) atoms.